The standard InChI is InChI=1S/C18H25N5O2/c24-18(19-14-4-1-2-5-14)17-13-23(21-20-17)15-7-9-22(10-8-15)12-16-6-3-11-25-16/h3,6,11,13-15H,1-2,4-5,7-10,12H2,(H,19,24). The van der Waals surface area contributed by atoms with Crippen LogP contribution in [-0.4, -0.2) is 44.9 Å². The number of carbonyl (C=O) groups excluding carboxylic acids is 1. The third kappa shape index (κ3) is 3.92. The van der Waals surface area contributed by atoms with Gasteiger partial charge in [-0.1, -0.05) is 18.1 Å². The Morgan fingerprint density at radius 3 is 2.76 bits per heavy atom. The van der Waals surface area contributed by atoms with Crippen molar-refractivity contribution in [1.82, 2.24) is 25.2 Å². The summed E-state index contributed by atoms with van der Waals surface area (Å²) in [6, 6.07) is 4.56. The van der Waals surface area contributed by atoms with E-state index in [0.29, 0.717) is 17.8 Å². The molecule has 1 saturated heterocycles. The van der Waals surface area contributed by atoms with E-state index >= 15 is 0 Å². The van der Waals surface area contributed by atoms with Crippen LogP contribution in [0.4, 0.5) is 0 Å². The van der Waals surface area contributed by atoms with Gasteiger partial charge in [-0.15, -0.1) is 5.10 Å². The van der Waals surface area contributed by atoms with E-state index < -0.39 is 0 Å². The van der Waals surface area contributed by atoms with Crippen molar-refractivity contribution in [3.8, 4) is 0 Å². The molecule has 4 rings (SSSR count). The second-order valence-electron chi connectivity index (χ2n) is 7.13. The molecule has 0 atom stereocenters. The van der Waals surface area contributed by atoms with E-state index in [4.69, 9.17) is 4.42 Å². The Hall–Kier alpha value is -2.15. The van der Waals surface area contributed by atoms with E-state index in [1.807, 2.05) is 16.8 Å². The Morgan fingerprint density at radius 1 is 1.24 bits per heavy atom. The number of likely N-dealkylation sites (tertiary alicyclic amines) is 1. The SMILES string of the molecule is O=C(NC1CCCC1)c1cn(C2CCN(Cc3ccco3)CC2)nn1. The average Bonchev–Trinajstić information content (AvgIpc) is 3.38. The van der Waals surface area contributed by atoms with Crippen molar-refractivity contribution >= 4 is 5.91 Å². The maximum Gasteiger partial charge on any atom is 0.273 e. The van der Waals surface area contributed by atoms with Crippen LogP contribution in [0.5, 0.6) is 0 Å². The molecule has 2 aliphatic rings. The smallest absolute Gasteiger partial charge is 0.273 e. The zero-order chi connectivity index (χ0) is 17.1. The average molecular weight is 343 g/mol. The van der Waals surface area contributed by atoms with Gasteiger partial charge in [-0.05, 0) is 37.8 Å². The van der Waals surface area contributed by atoms with Gasteiger partial charge in [-0.2, -0.15) is 0 Å². The fraction of sp³-hybridized carbons (Fsp3) is 0.611. The quantitative estimate of drug-likeness (QED) is 0.902. The summed E-state index contributed by atoms with van der Waals surface area (Å²) in [6.45, 7) is 2.84. The van der Waals surface area contributed by atoms with Crippen molar-refractivity contribution in [3.63, 3.8) is 0 Å². The zero-order valence-electron chi connectivity index (χ0n) is 14.4. The normalized spacial score (nSPS) is 20.2. The maximum atomic E-state index is 12.3. The topological polar surface area (TPSA) is 76.2 Å². The number of piperidine rings is 1. The van der Waals surface area contributed by atoms with Crippen LogP contribution in [0.2, 0.25) is 0 Å². The van der Waals surface area contributed by atoms with Crippen molar-refractivity contribution in [1.29, 1.82) is 0 Å². The van der Waals surface area contributed by atoms with E-state index in [0.717, 1.165) is 51.1 Å². The van der Waals surface area contributed by atoms with Gasteiger partial charge in [0.25, 0.3) is 5.91 Å². The van der Waals surface area contributed by atoms with Crippen LogP contribution in [0.3, 0.4) is 0 Å². The molecule has 7 heteroatoms. The Bertz CT molecular complexity index is 682. The third-order valence-corrected chi connectivity index (χ3v) is 5.32. The van der Waals surface area contributed by atoms with E-state index in [-0.39, 0.29) is 5.91 Å². The number of amides is 1. The fourth-order valence-corrected chi connectivity index (χ4v) is 3.85. The highest BCUT2D eigenvalue weighted by Crippen LogP contribution is 2.23. The van der Waals surface area contributed by atoms with Gasteiger partial charge in [0, 0.05) is 19.1 Å². The molecule has 1 aliphatic heterocycles. The van der Waals surface area contributed by atoms with Gasteiger partial charge in [-0.25, -0.2) is 4.68 Å². The molecule has 1 amide bonds. The lowest BCUT2D eigenvalue weighted by atomic mass is 10.1. The van der Waals surface area contributed by atoms with Gasteiger partial charge in [0.05, 0.1) is 25.0 Å². The van der Waals surface area contributed by atoms with Gasteiger partial charge < -0.3 is 9.73 Å². The van der Waals surface area contributed by atoms with Crippen molar-refractivity contribution in [3.05, 3.63) is 36.0 Å². The molecule has 2 aromatic rings. The summed E-state index contributed by atoms with van der Waals surface area (Å²) in [5.41, 5.74) is 0.435. The molecule has 1 N–H and O–H groups in total. The van der Waals surface area contributed by atoms with Crippen LogP contribution in [0, 0.1) is 0 Å². The number of carbonyl (C=O) groups is 1. The molecule has 2 fully saturated rings. The molecule has 0 unspecified atom stereocenters. The first-order valence-corrected chi connectivity index (χ1v) is 9.25. The minimum atomic E-state index is -0.0894. The Morgan fingerprint density at radius 2 is 2.04 bits per heavy atom. The fourth-order valence-electron chi connectivity index (χ4n) is 3.85. The van der Waals surface area contributed by atoms with Crippen LogP contribution in [0.25, 0.3) is 0 Å². The molecule has 1 saturated carbocycles. The van der Waals surface area contributed by atoms with Gasteiger partial charge in [0.15, 0.2) is 5.69 Å². The summed E-state index contributed by atoms with van der Waals surface area (Å²) in [5.74, 6) is 0.915. The summed E-state index contributed by atoms with van der Waals surface area (Å²) >= 11 is 0. The largest absolute Gasteiger partial charge is 0.468 e. The monoisotopic (exact) mass is 343 g/mol. The number of furan rings is 1. The third-order valence-electron chi connectivity index (χ3n) is 5.32. The Kier molecular flexibility index (Phi) is 4.83. The van der Waals surface area contributed by atoms with Crippen molar-refractivity contribution in [2.24, 2.45) is 0 Å². The lowest BCUT2D eigenvalue weighted by Crippen LogP contribution is -2.34. The van der Waals surface area contributed by atoms with E-state index in [2.05, 4.69) is 20.5 Å². The van der Waals surface area contributed by atoms with Crippen LogP contribution in [-0.2, 0) is 6.54 Å². The van der Waals surface area contributed by atoms with Crippen molar-refractivity contribution < 1.29 is 9.21 Å². The molecule has 134 valence electrons. The molecule has 7 nitrogen and oxygen atoms in total. The predicted molar refractivity (Wildman–Crippen MR) is 92.0 cm³/mol. The van der Waals surface area contributed by atoms with Crippen molar-refractivity contribution in [2.75, 3.05) is 13.1 Å². The molecule has 1 aliphatic carbocycles. The highest BCUT2D eigenvalue weighted by Gasteiger charge is 2.24. The molecule has 0 aromatic carbocycles. The first-order chi connectivity index (χ1) is 12.3. The highest BCUT2D eigenvalue weighted by molar-refractivity contribution is 5.92. The summed E-state index contributed by atoms with van der Waals surface area (Å²) < 4.78 is 7.29. The zero-order valence-corrected chi connectivity index (χ0v) is 14.4. The Labute approximate surface area is 147 Å². The molecule has 0 bridgehead atoms. The van der Waals surface area contributed by atoms with Gasteiger partial charge in [0.2, 0.25) is 0 Å². The molecule has 0 spiro atoms. The number of rotatable bonds is 5. The first kappa shape index (κ1) is 16.3. The lowest BCUT2D eigenvalue weighted by Gasteiger charge is -2.31. The maximum absolute atomic E-state index is 12.3. The minimum absolute atomic E-state index is 0.0894. The highest BCUT2D eigenvalue weighted by atomic mass is 16.3. The van der Waals surface area contributed by atoms with Crippen LogP contribution in [0.15, 0.2) is 29.0 Å². The number of aromatic nitrogens is 3. The molecule has 2 aromatic heterocycles. The van der Waals surface area contributed by atoms with Crippen LogP contribution in [0.1, 0.15) is 60.8 Å². The number of nitrogens with zero attached hydrogens (tertiary/aromatic N) is 4. The van der Waals surface area contributed by atoms with Crippen molar-refractivity contribution in [2.45, 2.75) is 57.2 Å². The summed E-state index contributed by atoms with van der Waals surface area (Å²) in [5, 5.41) is 11.4. The summed E-state index contributed by atoms with van der Waals surface area (Å²) in [7, 11) is 0. The van der Waals surface area contributed by atoms with E-state index in [1.54, 1.807) is 12.5 Å². The van der Waals surface area contributed by atoms with Crippen LogP contribution >= 0.6 is 0 Å². The van der Waals surface area contributed by atoms with Gasteiger partial charge in [0.1, 0.15) is 5.76 Å². The van der Waals surface area contributed by atoms with E-state index in [1.165, 1.54) is 12.8 Å². The minimum Gasteiger partial charge on any atom is -0.468 e. The number of hydrogen-bond acceptors (Lipinski definition) is 5. The number of hydrogen-bond donors (Lipinski definition) is 1. The summed E-state index contributed by atoms with van der Waals surface area (Å²) in [4.78, 5) is 14.7. The van der Waals surface area contributed by atoms with Gasteiger partial charge >= 0.3 is 0 Å². The molecule has 3 heterocycles. The first-order valence-electron chi connectivity index (χ1n) is 9.25. The van der Waals surface area contributed by atoms with E-state index in [9.17, 15) is 4.79 Å². The predicted octanol–water partition coefficient (Wildman–Crippen LogP) is 2.38. The van der Waals surface area contributed by atoms with Gasteiger partial charge in [-0.3, -0.25) is 9.69 Å². The second kappa shape index (κ2) is 7.39. The summed E-state index contributed by atoms with van der Waals surface area (Å²) in [6.07, 6.45) is 10.1. The van der Waals surface area contributed by atoms with Crippen LogP contribution < -0.4 is 5.32 Å². The Balaban J connectivity index is 1.29. The second-order valence-corrected chi connectivity index (χ2v) is 7.13. The molecular weight excluding hydrogens is 318 g/mol. The molecule has 0 radical (unpaired) electrons. The number of nitrogens with one attached hydrogen (secondary N) is 1. The lowest BCUT2D eigenvalue weighted by molar-refractivity contribution is 0.0932. The molecular formula is C18H25N5O2. The molecule has 25 heavy (non-hydrogen) atoms.